The molecule has 0 radical (unpaired) electrons. The summed E-state index contributed by atoms with van der Waals surface area (Å²) < 4.78 is 0. The van der Waals surface area contributed by atoms with Gasteiger partial charge < -0.3 is 9.80 Å². The van der Waals surface area contributed by atoms with E-state index < -0.39 is 0 Å². The topological polar surface area (TPSA) is 52.6 Å². The third kappa shape index (κ3) is 6.63. The van der Waals surface area contributed by atoms with Gasteiger partial charge in [-0.2, -0.15) is 0 Å². The van der Waals surface area contributed by atoms with E-state index in [4.69, 9.17) is 9.97 Å². The number of likely N-dealkylation sites (tertiary alicyclic amines) is 1. The molecule has 7 heteroatoms. The zero-order valence-electron chi connectivity index (χ0n) is 22.5. The van der Waals surface area contributed by atoms with Gasteiger partial charge in [0, 0.05) is 68.4 Å². The Hall–Kier alpha value is -3.16. The van der Waals surface area contributed by atoms with Crippen LogP contribution in [0.2, 0.25) is 0 Å². The summed E-state index contributed by atoms with van der Waals surface area (Å²) in [5, 5.41) is 0.799. The van der Waals surface area contributed by atoms with Crippen LogP contribution < -0.4 is 4.90 Å². The number of benzene rings is 2. The first-order chi connectivity index (χ1) is 18.6. The van der Waals surface area contributed by atoms with Crippen molar-refractivity contribution in [3.63, 3.8) is 0 Å². The molecule has 38 heavy (non-hydrogen) atoms. The van der Waals surface area contributed by atoms with Crippen LogP contribution in [0.4, 0.5) is 5.82 Å². The van der Waals surface area contributed by atoms with Gasteiger partial charge in [0.1, 0.15) is 5.82 Å². The maximum atomic E-state index is 12.8. The van der Waals surface area contributed by atoms with E-state index in [0.717, 1.165) is 97.8 Å². The fraction of sp³-hybridized carbons (Fsp3) is 0.387. The molecular weight excluding hydrogens is 490 g/mol. The fourth-order valence-corrected chi connectivity index (χ4v) is 5.88. The normalized spacial score (nSPS) is 16.5. The Balaban J connectivity index is 1.18. The molecule has 2 saturated heterocycles. The van der Waals surface area contributed by atoms with Gasteiger partial charge >= 0.3 is 0 Å². The largest absolute Gasteiger partial charge is 0.354 e. The highest BCUT2D eigenvalue weighted by atomic mass is 32.2. The molecule has 0 bridgehead atoms. The molecule has 1 aromatic heterocycles. The van der Waals surface area contributed by atoms with Gasteiger partial charge in [0.2, 0.25) is 0 Å². The monoisotopic (exact) mass is 527 g/mol. The Morgan fingerprint density at radius 2 is 1.68 bits per heavy atom. The van der Waals surface area contributed by atoms with Crippen LogP contribution in [-0.2, 0) is 5.75 Å². The van der Waals surface area contributed by atoms with Crippen LogP contribution in [-0.4, -0.2) is 71.5 Å². The number of carbonyl (C=O) groups is 1. The van der Waals surface area contributed by atoms with Gasteiger partial charge in [0.25, 0.3) is 5.91 Å². The second-order valence-electron chi connectivity index (χ2n) is 10.1. The van der Waals surface area contributed by atoms with Crippen molar-refractivity contribution in [2.75, 3.05) is 50.7 Å². The first-order valence-corrected chi connectivity index (χ1v) is 14.6. The SMILES string of the molecule is Cc1nc(SCc2cccc(C(=O)N3CCCC3)c2)nc(N2CCN(C/C=C/c3ccccc3)CC2)c1C. The number of nitrogens with zero attached hydrogens (tertiary/aromatic N) is 5. The van der Waals surface area contributed by atoms with Crippen molar-refractivity contribution in [3.8, 4) is 0 Å². The van der Waals surface area contributed by atoms with Crippen molar-refractivity contribution >= 4 is 29.6 Å². The Labute approximate surface area is 230 Å². The van der Waals surface area contributed by atoms with Gasteiger partial charge in [0.05, 0.1) is 0 Å². The van der Waals surface area contributed by atoms with E-state index in [0.29, 0.717) is 0 Å². The summed E-state index contributed by atoms with van der Waals surface area (Å²) in [6, 6.07) is 18.5. The maximum absolute atomic E-state index is 12.8. The summed E-state index contributed by atoms with van der Waals surface area (Å²) in [4.78, 5) is 29.4. The molecule has 5 rings (SSSR count). The highest BCUT2D eigenvalue weighted by molar-refractivity contribution is 7.98. The first-order valence-electron chi connectivity index (χ1n) is 13.6. The molecule has 0 atom stereocenters. The number of hydrogen-bond acceptors (Lipinski definition) is 6. The van der Waals surface area contributed by atoms with Crippen molar-refractivity contribution in [1.82, 2.24) is 19.8 Å². The lowest BCUT2D eigenvalue weighted by Crippen LogP contribution is -2.47. The average molecular weight is 528 g/mol. The van der Waals surface area contributed by atoms with Crippen LogP contribution in [0, 0.1) is 13.8 Å². The van der Waals surface area contributed by atoms with Crippen molar-refractivity contribution < 1.29 is 4.79 Å². The predicted octanol–water partition coefficient (Wildman–Crippen LogP) is 5.46. The standard InChI is InChI=1S/C31H37N5OS/c1-24-25(2)32-31(38-23-27-12-8-14-28(22-27)30(37)36-16-6-7-17-36)33-29(24)35-20-18-34(19-21-35)15-9-13-26-10-4-3-5-11-26/h3-5,8-14,22H,6-7,15-21,23H2,1-2H3/b13-9+. The molecule has 3 aromatic rings. The average Bonchev–Trinajstić information content (AvgIpc) is 3.50. The number of amides is 1. The smallest absolute Gasteiger partial charge is 0.253 e. The molecule has 6 nitrogen and oxygen atoms in total. The zero-order valence-corrected chi connectivity index (χ0v) is 23.3. The number of rotatable bonds is 8. The molecule has 2 aliphatic rings. The second kappa shape index (κ2) is 12.6. The Morgan fingerprint density at radius 3 is 2.45 bits per heavy atom. The van der Waals surface area contributed by atoms with Crippen molar-refractivity contribution in [2.24, 2.45) is 0 Å². The minimum atomic E-state index is 0.147. The van der Waals surface area contributed by atoms with Gasteiger partial charge in [-0.3, -0.25) is 9.69 Å². The number of thioether (sulfide) groups is 1. The molecule has 2 aliphatic heterocycles. The van der Waals surface area contributed by atoms with Crippen LogP contribution in [0.25, 0.3) is 6.08 Å². The third-order valence-electron chi connectivity index (χ3n) is 7.42. The molecule has 198 valence electrons. The van der Waals surface area contributed by atoms with E-state index in [1.165, 1.54) is 5.56 Å². The zero-order chi connectivity index (χ0) is 26.3. The molecule has 0 N–H and O–H groups in total. The minimum absolute atomic E-state index is 0.147. The van der Waals surface area contributed by atoms with Gasteiger partial charge in [-0.15, -0.1) is 0 Å². The third-order valence-corrected chi connectivity index (χ3v) is 8.34. The van der Waals surface area contributed by atoms with Gasteiger partial charge in [-0.25, -0.2) is 9.97 Å². The summed E-state index contributed by atoms with van der Waals surface area (Å²) >= 11 is 1.64. The summed E-state index contributed by atoms with van der Waals surface area (Å²) in [6.45, 7) is 10.9. The van der Waals surface area contributed by atoms with Crippen molar-refractivity contribution in [2.45, 2.75) is 37.6 Å². The van der Waals surface area contributed by atoms with Gasteiger partial charge in [0.15, 0.2) is 5.16 Å². The van der Waals surface area contributed by atoms with E-state index >= 15 is 0 Å². The molecule has 0 spiro atoms. The fourth-order valence-electron chi connectivity index (χ4n) is 5.05. The Kier molecular flexibility index (Phi) is 8.76. The first kappa shape index (κ1) is 26.4. The van der Waals surface area contributed by atoms with E-state index in [1.54, 1.807) is 11.8 Å². The molecule has 1 amide bonds. The lowest BCUT2D eigenvalue weighted by Gasteiger charge is -2.35. The maximum Gasteiger partial charge on any atom is 0.253 e. The number of piperazine rings is 1. The van der Waals surface area contributed by atoms with Crippen LogP contribution in [0.3, 0.4) is 0 Å². The molecule has 3 heterocycles. The highest BCUT2D eigenvalue weighted by Gasteiger charge is 2.22. The molecular formula is C31H37N5OS. The number of anilines is 1. The summed E-state index contributed by atoms with van der Waals surface area (Å²) in [6.07, 6.45) is 6.67. The summed E-state index contributed by atoms with van der Waals surface area (Å²) in [5.41, 5.74) is 5.34. The van der Waals surface area contributed by atoms with Crippen molar-refractivity contribution in [1.29, 1.82) is 0 Å². The molecule has 0 aliphatic carbocycles. The Bertz CT molecular complexity index is 1260. The highest BCUT2D eigenvalue weighted by Crippen LogP contribution is 2.27. The molecule has 0 saturated carbocycles. The summed E-state index contributed by atoms with van der Waals surface area (Å²) in [5.74, 6) is 1.94. The van der Waals surface area contributed by atoms with Crippen LogP contribution in [0.5, 0.6) is 0 Å². The Morgan fingerprint density at radius 1 is 0.921 bits per heavy atom. The predicted molar refractivity (Wildman–Crippen MR) is 157 cm³/mol. The molecule has 2 fully saturated rings. The lowest BCUT2D eigenvalue weighted by atomic mass is 10.1. The van der Waals surface area contributed by atoms with Gasteiger partial charge in [-0.05, 0) is 49.9 Å². The number of hydrogen-bond donors (Lipinski definition) is 0. The van der Waals surface area contributed by atoms with E-state index in [2.05, 4.69) is 66.1 Å². The summed E-state index contributed by atoms with van der Waals surface area (Å²) in [7, 11) is 0. The van der Waals surface area contributed by atoms with Crippen LogP contribution >= 0.6 is 11.8 Å². The lowest BCUT2D eigenvalue weighted by molar-refractivity contribution is 0.0792. The quantitative estimate of drug-likeness (QED) is 0.287. The van der Waals surface area contributed by atoms with Gasteiger partial charge in [-0.1, -0.05) is 66.4 Å². The second-order valence-corrected chi connectivity index (χ2v) is 11.1. The van der Waals surface area contributed by atoms with Crippen molar-refractivity contribution in [3.05, 3.63) is 88.6 Å². The number of aromatic nitrogens is 2. The number of carbonyl (C=O) groups excluding carboxylic acids is 1. The molecule has 2 aromatic carbocycles. The van der Waals surface area contributed by atoms with E-state index in [9.17, 15) is 4.79 Å². The van der Waals surface area contributed by atoms with E-state index in [1.807, 2.05) is 29.2 Å². The van der Waals surface area contributed by atoms with Crippen LogP contribution in [0.15, 0.2) is 65.8 Å². The molecule has 0 unspecified atom stereocenters. The van der Waals surface area contributed by atoms with Crippen LogP contribution in [0.1, 0.15) is 45.6 Å². The van der Waals surface area contributed by atoms with E-state index in [-0.39, 0.29) is 5.91 Å². The number of aryl methyl sites for hydroxylation is 1. The minimum Gasteiger partial charge on any atom is -0.354 e.